The van der Waals surface area contributed by atoms with Crippen LogP contribution in [0.4, 0.5) is 0 Å². The molecule has 1 aromatic rings. The lowest BCUT2D eigenvalue weighted by Crippen LogP contribution is -2.45. The van der Waals surface area contributed by atoms with Crippen molar-refractivity contribution in [1.82, 2.24) is 9.80 Å². The molecule has 0 aromatic heterocycles. The quantitative estimate of drug-likeness (QED) is 0.787. The van der Waals surface area contributed by atoms with Gasteiger partial charge < -0.3 is 9.80 Å². The van der Waals surface area contributed by atoms with Gasteiger partial charge in [-0.3, -0.25) is 0 Å². The zero-order valence-corrected chi connectivity index (χ0v) is 11.9. The molecule has 2 rings (SSSR count). The minimum Gasteiger partial charge on any atom is -0.304 e. The van der Waals surface area contributed by atoms with Gasteiger partial charge in [-0.2, -0.15) is 0 Å². The van der Waals surface area contributed by atoms with Crippen molar-refractivity contribution in [3.05, 3.63) is 35.4 Å². The Bertz CT molecular complexity index is 354. The van der Waals surface area contributed by atoms with Crippen LogP contribution in [0.2, 0.25) is 0 Å². The summed E-state index contributed by atoms with van der Waals surface area (Å²) < 4.78 is 0. The van der Waals surface area contributed by atoms with Gasteiger partial charge in [-0.1, -0.05) is 37.6 Å². The summed E-state index contributed by atoms with van der Waals surface area (Å²) in [5.41, 5.74) is 2.99. The molecule has 0 radical (unpaired) electrons. The molecule has 0 saturated carbocycles. The number of hydrogen-bond acceptors (Lipinski definition) is 2. The van der Waals surface area contributed by atoms with Crippen molar-refractivity contribution in [2.24, 2.45) is 0 Å². The first kappa shape index (κ1) is 13.6. The maximum atomic E-state index is 2.59. The molecular formula is C16H26N2. The Hall–Kier alpha value is -0.860. The molecule has 1 fully saturated rings. The minimum absolute atomic E-state index is 1.20. The molecule has 18 heavy (non-hydrogen) atoms. The Morgan fingerprint density at radius 1 is 1.00 bits per heavy atom. The van der Waals surface area contributed by atoms with Crippen molar-refractivity contribution >= 4 is 0 Å². The van der Waals surface area contributed by atoms with Gasteiger partial charge in [0.25, 0.3) is 0 Å². The van der Waals surface area contributed by atoms with E-state index in [1.165, 1.54) is 63.1 Å². The molecule has 2 heteroatoms. The normalized spacial score (nSPS) is 18.1. The van der Waals surface area contributed by atoms with Gasteiger partial charge >= 0.3 is 0 Å². The van der Waals surface area contributed by atoms with E-state index < -0.39 is 0 Å². The third kappa shape index (κ3) is 4.11. The molecule has 2 nitrogen and oxygen atoms in total. The van der Waals surface area contributed by atoms with Gasteiger partial charge in [0.2, 0.25) is 0 Å². The summed E-state index contributed by atoms with van der Waals surface area (Å²) in [5.74, 6) is 0. The standard InChI is InChI=1S/C16H26N2/c1-3-5-15-6-4-7-16(14-15)8-9-18-12-10-17(2)11-13-18/h4,6-7,14H,3,5,8-13H2,1-2H3. The smallest absolute Gasteiger partial charge is 0.0110 e. The van der Waals surface area contributed by atoms with Gasteiger partial charge in [0, 0.05) is 32.7 Å². The molecule has 0 N–H and O–H groups in total. The van der Waals surface area contributed by atoms with Crippen LogP contribution >= 0.6 is 0 Å². The largest absolute Gasteiger partial charge is 0.304 e. The predicted octanol–water partition coefficient (Wildman–Crippen LogP) is 2.43. The van der Waals surface area contributed by atoms with Crippen LogP contribution < -0.4 is 0 Å². The molecule has 1 aliphatic heterocycles. The maximum Gasteiger partial charge on any atom is 0.0110 e. The average molecular weight is 246 g/mol. The molecule has 0 amide bonds. The highest BCUT2D eigenvalue weighted by molar-refractivity contribution is 5.23. The first-order chi connectivity index (χ1) is 8.78. The van der Waals surface area contributed by atoms with Crippen LogP contribution in [0.25, 0.3) is 0 Å². The number of likely N-dealkylation sites (N-methyl/N-ethyl adjacent to an activating group) is 1. The van der Waals surface area contributed by atoms with Crippen LogP contribution in [-0.2, 0) is 12.8 Å². The topological polar surface area (TPSA) is 6.48 Å². The lowest BCUT2D eigenvalue weighted by molar-refractivity contribution is 0.155. The predicted molar refractivity (Wildman–Crippen MR) is 78.1 cm³/mol. The van der Waals surface area contributed by atoms with Crippen molar-refractivity contribution in [2.75, 3.05) is 39.8 Å². The summed E-state index contributed by atoms with van der Waals surface area (Å²) in [4.78, 5) is 5.00. The van der Waals surface area contributed by atoms with E-state index in [4.69, 9.17) is 0 Å². The maximum absolute atomic E-state index is 2.59. The van der Waals surface area contributed by atoms with E-state index in [1.54, 1.807) is 0 Å². The Morgan fingerprint density at radius 3 is 2.33 bits per heavy atom. The highest BCUT2D eigenvalue weighted by atomic mass is 15.2. The lowest BCUT2D eigenvalue weighted by Gasteiger charge is -2.32. The van der Waals surface area contributed by atoms with Crippen LogP contribution in [-0.4, -0.2) is 49.6 Å². The summed E-state index contributed by atoms with van der Waals surface area (Å²) >= 11 is 0. The van der Waals surface area contributed by atoms with E-state index in [0.717, 1.165) is 0 Å². The van der Waals surface area contributed by atoms with E-state index in [2.05, 4.69) is 48.0 Å². The number of hydrogen-bond donors (Lipinski definition) is 0. The van der Waals surface area contributed by atoms with Crippen molar-refractivity contribution < 1.29 is 0 Å². The Morgan fingerprint density at radius 2 is 1.67 bits per heavy atom. The molecule has 0 spiro atoms. The van der Waals surface area contributed by atoms with Gasteiger partial charge in [0.15, 0.2) is 0 Å². The summed E-state index contributed by atoms with van der Waals surface area (Å²) in [7, 11) is 2.21. The molecule has 0 bridgehead atoms. The summed E-state index contributed by atoms with van der Waals surface area (Å²) in [6, 6.07) is 9.13. The summed E-state index contributed by atoms with van der Waals surface area (Å²) in [5, 5.41) is 0. The van der Waals surface area contributed by atoms with E-state index in [1.807, 2.05) is 0 Å². The molecule has 1 saturated heterocycles. The fraction of sp³-hybridized carbons (Fsp3) is 0.625. The second-order valence-electron chi connectivity index (χ2n) is 5.46. The number of aryl methyl sites for hydroxylation is 1. The third-order valence-corrected chi connectivity index (χ3v) is 3.84. The van der Waals surface area contributed by atoms with Gasteiger partial charge in [0.1, 0.15) is 0 Å². The molecule has 100 valence electrons. The van der Waals surface area contributed by atoms with Gasteiger partial charge in [-0.25, -0.2) is 0 Å². The molecular weight excluding hydrogens is 220 g/mol. The van der Waals surface area contributed by atoms with Crippen LogP contribution in [0, 0.1) is 0 Å². The Labute approximate surface area is 112 Å². The summed E-state index contributed by atoms with van der Waals surface area (Å²) in [6.07, 6.45) is 3.64. The molecule has 0 aliphatic carbocycles. The van der Waals surface area contributed by atoms with Crippen molar-refractivity contribution in [3.63, 3.8) is 0 Å². The SMILES string of the molecule is CCCc1cccc(CCN2CCN(C)CC2)c1. The summed E-state index contributed by atoms with van der Waals surface area (Å²) in [6.45, 7) is 8.35. The molecule has 1 aromatic carbocycles. The van der Waals surface area contributed by atoms with Gasteiger partial charge in [-0.15, -0.1) is 0 Å². The van der Waals surface area contributed by atoms with Crippen LogP contribution in [0.15, 0.2) is 24.3 Å². The van der Waals surface area contributed by atoms with Crippen LogP contribution in [0.3, 0.4) is 0 Å². The number of rotatable bonds is 5. The van der Waals surface area contributed by atoms with E-state index in [-0.39, 0.29) is 0 Å². The van der Waals surface area contributed by atoms with Crippen molar-refractivity contribution in [2.45, 2.75) is 26.2 Å². The fourth-order valence-corrected chi connectivity index (χ4v) is 2.59. The van der Waals surface area contributed by atoms with Gasteiger partial charge in [-0.05, 0) is 31.0 Å². The van der Waals surface area contributed by atoms with Gasteiger partial charge in [0.05, 0.1) is 0 Å². The molecule has 1 heterocycles. The minimum atomic E-state index is 1.20. The van der Waals surface area contributed by atoms with Crippen molar-refractivity contribution in [3.8, 4) is 0 Å². The first-order valence-corrected chi connectivity index (χ1v) is 7.26. The second kappa shape index (κ2) is 6.91. The molecule has 0 atom stereocenters. The highest BCUT2D eigenvalue weighted by Gasteiger charge is 2.12. The highest BCUT2D eigenvalue weighted by Crippen LogP contribution is 2.09. The Kier molecular flexibility index (Phi) is 5.21. The average Bonchev–Trinajstić information content (AvgIpc) is 2.39. The van der Waals surface area contributed by atoms with Crippen molar-refractivity contribution in [1.29, 1.82) is 0 Å². The number of piperazine rings is 1. The molecule has 0 unspecified atom stereocenters. The second-order valence-corrected chi connectivity index (χ2v) is 5.46. The van der Waals surface area contributed by atoms with Crippen LogP contribution in [0.5, 0.6) is 0 Å². The third-order valence-electron chi connectivity index (χ3n) is 3.84. The number of nitrogens with zero attached hydrogens (tertiary/aromatic N) is 2. The number of benzene rings is 1. The van der Waals surface area contributed by atoms with E-state index in [0.29, 0.717) is 0 Å². The monoisotopic (exact) mass is 246 g/mol. The lowest BCUT2D eigenvalue weighted by atomic mass is 10.0. The zero-order chi connectivity index (χ0) is 12.8. The van der Waals surface area contributed by atoms with Crippen LogP contribution in [0.1, 0.15) is 24.5 Å². The molecule has 1 aliphatic rings. The first-order valence-electron chi connectivity index (χ1n) is 7.26. The van der Waals surface area contributed by atoms with E-state index in [9.17, 15) is 0 Å². The van der Waals surface area contributed by atoms with E-state index >= 15 is 0 Å². The Balaban J connectivity index is 1.80. The fourth-order valence-electron chi connectivity index (χ4n) is 2.59. The zero-order valence-electron chi connectivity index (χ0n) is 11.9.